The number of rotatable bonds is 5. The maximum Gasteiger partial charge on any atom is 0.357 e. The zero-order valence-corrected chi connectivity index (χ0v) is 19.1. The van der Waals surface area contributed by atoms with Gasteiger partial charge in [-0.1, -0.05) is 17.7 Å². The summed E-state index contributed by atoms with van der Waals surface area (Å²) < 4.78 is 5.97. The molecule has 3 heterocycles. The Morgan fingerprint density at radius 1 is 1.19 bits per heavy atom. The quantitative estimate of drug-likeness (QED) is 0.398. The van der Waals surface area contributed by atoms with E-state index < -0.39 is 11.9 Å². The summed E-state index contributed by atoms with van der Waals surface area (Å²) in [6.45, 7) is 3.64. The van der Waals surface area contributed by atoms with Gasteiger partial charge in [-0.2, -0.15) is 14.9 Å². The lowest BCUT2D eigenvalue weighted by molar-refractivity contribution is 0.0507. The van der Waals surface area contributed by atoms with Gasteiger partial charge in [0.2, 0.25) is 0 Å². The van der Waals surface area contributed by atoms with Crippen LogP contribution in [0.3, 0.4) is 0 Å². The van der Waals surface area contributed by atoms with Crippen LogP contribution in [0.15, 0.2) is 60.1 Å². The number of carbonyl (C=O) groups excluding carboxylic acids is 2. The Morgan fingerprint density at radius 3 is 2.59 bits per heavy atom. The van der Waals surface area contributed by atoms with Crippen molar-refractivity contribution in [2.24, 2.45) is 0 Å². The number of hydrogen-bond acceptors (Lipinski definition) is 6. The summed E-state index contributed by atoms with van der Waals surface area (Å²) in [7, 11) is 0. The van der Waals surface area contributed by atoms with Crippen molar-refractivity contribution in [3.05, 3.63) is 92.7 Å². The summed E-state index contributed by atoms with van der Waals surface area (Å²) in [5.74, 6) is -0.978. The summed E-state index contributed by atoms with van der Waals surface area (Å²) in [5, 5.41) is 13.4. The average Bonchev–Trinajstić information content (AvgIpc) is 3.55. The summed E-state index contributed by atoms with van der Waals surface area (Å²) in [4.78, 5) is 25.4. The fourth-order valence-electron chi connectivity index (χ4n) is 2.64. The van der Waals surface area contributed by atoms with Gasteiger partial charge >= 0.3 is 5.97 Å². The largest absolute Gasteiger partial charge is 0.461 e. The first-order valence-electron chi connectivity index (χ1n) is 9.73. The number of esters is 1. The number of aromatic nitrogens is 4. The third-order valence-electron chi connectivity index (χ3n) is 4.09. The highest BCUT2D eigenvalue weighted by atomic mass is 35.5. The number of benzene rings is 1. The minimum Gasteiger partial charge on any atom is -0.461 e. The molecule has 1 N–H and O–H groups in total. The summed E-state index contributed by atoms with van der Waals surface area (Å²) in [5.41, 5.74) is 2.10. The van der Waals surface area contributed by atoms with Gasteiger partial charge in [0.1, 0.15) is 0 Å². The summed E-state index contributed by atoms with van der Waals surface area (Å²) >= 11 is 7.51. The molecule has 0 atom stereocenters. The van der Waals surface area contributed by atoms with E-state index in [1.807, 2.05) is 18.2 Å². The molecule has 9 heteroatoms. The molecule has 0 aliphatic rings. The molecule has 4 rings (SSSR count). The number of thiophene rings is 1. The third kappa shape index (κ3) is 6.26. The van der Waals surface area contributed by atoms with E-state index >= 15 is 0 Å². The molecule has 1 aromatic carbocycles. The van der Waals surface area contributed by atoms with Crippen LogP contribution in [-0.4, -0.2) is 38.5 Å². The van der Waals surface area contributed by atoms with Crippen LogP contribution in [0.1, 0.15) is 44.0 Å². The summed E-state index contributed by atoms with van der Waals surface area (Å²) in [6.07, 6.45) is 5.82. The van der Waals surface area contributed by atoms with Gasteiger partial charge < -0.3 is 4.74 Å². The molecule has 0 fully saturated rings. The molecule has 0 aliphatic heterocycles. The molecule has 0 aliphatic carbocycles. The molecule has 164 valence electrons. The van der Waals surface area contributed by atoms with Gasteiger partial charge in [0.05, 0.1) is 18.0 Å². The fraction of sp³-hybridized carbons (Fsp3) is 0.130. The second-order valence-electron chi connectivity index (χ2n) is 6.48. The van der Waals surface area contributed by atoms with Crippen LogP contribution >= 0.6 is 22.9 Å². The Kier molecular flexibility index (Phi) is 8.13. The van der Waals surface area contributed by atoms with E-state index in [4.69, 9.17) is 16.3 Å². The van der Waals surface area contributed by atoms with Crippen LogP contribution in [0.5, 0.6) is 0 Å². The second-order valence-corrected chi connectivity index (χ2v) is 7.89. The number of H-pyrrole nitrogens is 1. The van der Waals surface area contributed by atoms with Crippen molar-refractivity contribution >= 4 is 47.0 Å². The zero-order valence-electron chi connectivity index (χ0n) is 17.5. The van der Waals surface area contributed by atoms with Crippen molar-refractivity contribution < 1.29 is 14.3 Å². The number of aromatic amines is 1. The molecule has 7 nitrogen and oxygen atoms in total. The monoisotopic (exact) mass is 468 g/mol. The van der Waals surface area contributed by atoms with E-state index in [-0.39, 0.29) is 12.3 Å². The molecular formula is C23H21ClN4O3S. The maximum absolute atomic E-state index is 12.4. The molecule has 0 amide bonds. The van der Waals surface area contributed by atoms with Crippen LogP contribution in [0.4, 0.5) is 0 Å². The number of aryl methyl sites for hydroxylation is 1. The van der Waals surface area contributed by atoms with Crippen molar-refractivity contribution in [2.45, 2.75) is 13.8 Å². The Balaban J connectivity index is 0.000000204. The fourth-order valence-corrected chi connectivity index (χ4v) is 3.38. The molecular weight excluding hydrogens is 448 g/mol. The van der Waals surface area contributed by atoms with E-state index in [0.717, 1.165) is 10.4 Å². The first-order valence-corrected chi connectivity index (χ1v) is 11.0. The van der Waals surface area contributed by atoms with E-state index in [2.05, 4.69) is 32.8 Å². The van der Waals surface area contributed by atoms with Crippen molar-refractivity contribution in [3.63, 3.8) is 0 Å². The minimum atomic E-state index is -0.574. The molecule has 32 heavy (non-hydrogen) atoms. The smallest absolute Gasteiger partial charge is 0.357 e. The third-order valence-corrected chi connectivity index (χ3v) is 5.18. The predicted molar refractivity (Wildman–Crippen MR) is 126 cm³/mol. The molecule has 0 spiro atoms. The van der Waals surface area contributed by atoms with Gasteiger partial charge in [0.25, 0.3) is 5.91 Å². The minimum absolute atomic E-state index is 0.115. The second kappa shape index (κ2) is 11.2. The summed E-state index contributed by atoms with van der Waals surface area (Å²) in [6, 6.07) is 13.9. The van der Waals surface area contributed by atoms with Gasteiger partial charge in [-0.3, -0.25) is 9.89 Å². The Hall–Kier alpha value is -3.49. The first-order chi connectivity index (χ1) is 15.5. The van der Waals surface area contributed by atoms with Crippen molar-refractivity contribution in [1.82, 2.24) is 20.0 Å². The lowest BCUT2D eigenvalue weighted by Crippen LogP contribution is -2.20. The SMILES string of the molecule is C(=C\c1cccs1)/c1ccn[nH]1.CCOC(=O)c1cc(C)nn1C(=O)c1ccc(Cl)cc1. The lowest BCUT2D eigenvalue weighted by atomic mass is 10.2. The number of hydrogen-bond donors (Lipinski definition) is 1. The van der Waals surface area contributed by atoms with Crippen LogP contribution in [-0.2, 0) is 4.74 Å². The lowest BCUT2D eigenvalue weighted by Gasteiger charge is -2.05. The molecule has 4 aromatic rings. The van der Waals surface area contributed by atoms with Crippen LogP contribution in [0.2, 0.25) is 5.02 Å². The number of nitrogens with one attached hydrogen (secondary N) is 1. The molecule has 3 aromatic heterocycles. The average molecular weight is 469 g/mol. The zero-order chi connectivity index (χ0) is 22.9. The predicted octanol–water partition coefficient (Wildman–Crippen LogP) is 5.35. The normalized spacial score (nSPS) is 10.6. The maximum atomic E-state index is 12.4. The number of carbonyl (C=O) groups is 2. The number of ether oxygens (including phenoxy) is 1. The van der Waals surface area contributed by atoms with Gasteiger partial charge in [-0.05, 0) is 73.8 Å². The van der Waals surface area contributed by atoms with Gasteiger partial charge in [0.15, 0.2) is 5.69 Å². The molecule has 0 saturated heterocycles. The van der Waals surface area contributed by atoms with Crippen LogP contribution in [0, 0.1) is 6.92 Å². The highest BCUT2D eigenvalue weighted by Gasteiger charge is 2.20. The number of halogens is 1. The first kappa shape index (κ1) is 23.2. The van der Waals surface area contributed by atoms with E-state index in [0.29, 0.717) is 16.3 Å². The van der Waals surface area contributed by atoms with Crippen molar-refractivity contribution in [2.75, 3.05) is 6.61 Å². The molecule has 0 unspecified atom stereocenters. The standard InChI is InChI=1S/C14H13ClN2O3.C9H8N2S/c1-3-20-14(19)12-8-9(2)16-17(12)13(18)10-4-6-11(15)7-5-10;1-2-9(12-7-1)4-3-8-5-6-10-11-8/h4-8H,3H2,1-2H3;1-7H,(H,10,11)/b;4-3+. The van der Waals surface area contributed by atoms with E-state index in [1.165, 1.54) is 10.9 Å². The van der Waals surface area contributed by atoms with Crippen molar-refractivity contribution in [3.8, 4) is 0 Å². The van der Waals surface area contributed by atoms with E-state index in [1.54, 1.807) is 55.6 Å². The van der Waals surface area contributed by atoms with E-state index in [9.17, 15) is 9.59 Å². The Morgan fingerprint density at radius 2 is 1.97 bits per heavy atom. The van der Waals surface area contributed by atoms with Crippen LogP contribution < -0.4 is 0 Å². The van der Waals surface area contributed by atoms with Gasteiger partial charge in [-0.15, -0.1) is 11.3 Å². The Labute approximate surface area is 194 Å². The Bertz CT molecular complexity index is 1140. The van der Waals surface area contributed by atoms with Gasteiger partial charge in [0, 0.05) is 21.7 Å². The molecule has 0 radical (unpaired) electrons. The molecule has 0 bridgehead atoms. The number of nitrogens with zero attached hydrogens (tertiary/aromatic N) is 3. The van der Waals surface area contributed by atoms with Crippen molar-refractivity contribution in [1.29, 1.82) is 0 Å². The topological polar surface area (TPSA) is 89.9 Å². The van der Waals surface area contributed by atoms with Gasteiger partial charge in [-0.25, -0.2) is 4.79 Å². The highest BCUT2D eigenvalue weighted by molar-refractivity contribution is 7.10. The van der Waals surface area contributed by atoms with Crippen LogP contribution in [0.25, 0.3) is 12.2 Å². The highest BCUT2D eigenvalue weighted by Crippen LogP contribution is 2.14. The molecule has 0 saturated carbocycles.